The minimum Gasteiger partial charge on any atom is -0.352 e. The van der Waals surface area contributed by atoms with Crippen LogP contribution in [-0.4, -0.2) is 62.3 Å². The van der Waals surface area contributed by atoms with E-state index in [-0.39, 0.29) is 16.5 Å². The van der Waals surface area contributed by atoms with Gasteiger partial charge in [0.25, 0.3) is 10.1 Å². The van der Waals surface area contributed by atoms with Gasteiger partial charge in [-0.25, -0.2) is 10.0 Å². The van der Waals surface area contributed by atoms with E-state index in [9.17, 15) is 8.42 Å². The van der Waals surface area contributed by atoms with Crippen LogP contribution in [0.25, 0.3) is 0 Å². The Bertz CT molecular complexity index is 711. The predicted molar refractivity (Wildman–Crippen MR) is 104 cm³/mol. The number of nitrogens with one attached hydrogen (secondary N) is 1. The zero-order valence-corrected chi connectivity index (χ0v) is 17.2. The maximum absolute atomic E-state index is 10.5. The lowest BCUT2D eigenvalue weighted by Gasteiger charge is -2.34. The Morgan fingerprint density at radius 1 is 1.27 bits per heavy atom. The van der Waals surface area contributed by atoms with E-state index in [0.717, 1.165) is 24.6 Å². The van der Waals surface area contributed by atoms with Crippen molar-refractivity contribution in [3.63, 3.8) is 0 Å². The fraction of sp³-hybridized carbons (Fsp3) is 0.588. The Morgan fingerprint density at radius 2 is 1.81 bits per heavy atom. The highest BCUT2D eigenvalue weighted by atomic mass is 32.2. The van der Waals surface area contributed by atoms with Crippen LogP contribution in [0.1, 0.15) is 26.3 Å². The number of nitrogens with two attached hydrogens (primary N) is 1. The Labute approximate surface area is 156 Å². The standard InChI is InChI=1S/C10H23N5.C7H8O3S/c1-10(2,3)7-14(4)15(5)9-12-6-8(11)13-9;1-6-2-4-7(5-3-6)11(8,9)10/h8H,6-7,11H2,1-5H3,(H,12,13);2-5H,1H3,(H,8,9,10). The van der Waals surface area contributed by atoms with Gasteiger partial charge in [0.15, 0.2) is 0 Å². The molecular formula is C17H31N5O3S. The van der Waals surface area contributed by atoms with Crippen molar-refractivity contribution in [2.45, 2.75) is 38.8 Å². The lowest BCUT2D eigenvalue weighted by Crippen LogP contribution is -2.48. The molecule has 26 heavy (non-hydrogen) atoms. The predicted octanol–water partition coefficient (Wildman–Crippen LogP) is 1.30. The van der Waals surface area contributed by atoms with E-state index >= 15 is 0 Å². The van der Waals surface area contributed by atoms with E-state index in [2.05, 4.69) is 43.1 Å². The van der Waals surface area contributed by atoms with Crippen LogP contribution in [0.4, 0.5) is 0 Å². The van der Waals surface area contributed by atoms with E-state index < -0.39 is 10.1 Å². The molecule has 1 aromatic carbocycles. The molecule has 0 spiro atoms. The number of hydrogen-bond acceptors (Lipinski definition) is 7. The first kappa shape index (κ1) is 22.4. The third-order valence-corrected chi connectivity index (χ3v) is 4.47. The Hall–Kier alpha value is -1.68. The number of rotatable bonds is 3. The average molecular weight is 386 g/mol. The van der Waals surface area contributed by atoms with Crippen LogP contribution in [0, 0.1) is 12.3 Å². The molecule has 4 N–H and O–H groups in total. The second-order valence-electron chi connectivity index (χ2n) is 7.59. The molecular weight excluding hydrogens is 354 g/mol. The van der Waals surface area contributed by atoms with Crippen LogP contribution < -0.4 is 11.1 Å². The largest absolute Gasteiger partial charge is 0.352 e. The van der Waals surface area contributed by atoms with Crippen molar-refractivity contribution in [3.05, 3.63) is 29.8 Å². The first-order chi connectivity index (χ1) is 11.8. The third-order valence-electron chi connectivity index (χ3n) is 3.60. The van der Waals surface area contributed by atoms with Gasteiger partial charge < -0.3 is 11.1 Å². The molecule has 8 nitrogen and oxygen atoms in total. The van der Waals surface area contributed by atoms with Crippen LogP contribution in [0.15, 0.2) is 34.2 Å². The van der Waals surface area contributed by atoms with Crippen LogP contribution in [-0.2, 0) is 10.1 Å². The van der Waals surface area contributed by atoms with Crippen molar-refractivity contribution in [2.24, 2.45) is 16.1 Å². The molecule has 0 bridgehead atoms. The average Bonchev–Trinajstić information content (AvgIpc) is 2.91. The van der Waals surface area contributed by atoms with Gasteiger partial charge in [0.2, 0.25) is 5.96 Å². The zero-order chi connectivity index (χ0) is 20.1. The number of hydrogen-bond donors (Lipinski definition) is 3. The van der Waals surface area contributed by atoms with Crippen molar-refractivity contribution in [2.75, 3.05) is 27.2 Å². The molecule has 1 aliphatic rings. The molecule has 0 saturated heterocycles. The fourth-order valence-electron chi connectivity index (χ4n) is 2.31. The summed E-state index contributed by atoms with van der Waals surface area (Å²) in [4.78, 5) is 4.24. The van der Waals surface area contributed by atoms with Gasteiger partial charge >= 0.3 is 0 Å². The quantitative estimate of drug-likeness (QED) is 0.531. The Kier molecular flexibility index (Phi) is 7.57. The summed E-state index contributed by atoms with van der Waals surface area (Å²) in [6.45, 7) is 10.2. The zero-order valence-electron chi connectivity index (χ0n) is 16.4. The highest BCUT2D eigenvalue weighted by Gasteiger charge is 2.22. The molecule has 2 rings (SSSR count). The lowest BCUT2D eigenvalue weighted by molar-refractivity contribution is 0.0617. The van der Waals surface area contributed by atoms with E-state index in [4.69, 9.17) is 10.3 Å². The van der Waals surface area contributed by atoms with Crippen LogP contribution in [0.3, 0.4) is 0 Å². The SMILES string of the molecule is CN(CC(C)(C)C)N(C)C1=NC(N)CN1.Cc1ccc(S(=O)(=O)O)cc1. The van der Waals surface area contributed by atoms with Crippen LogP contribution in [0.5, 0.6) is 0 Å². The van der Waals surface area contributed by atoms with Crippen molar-refractivity contribution >= 4 is 16.1 Å². The molecule has 148 valence electrons. The van der Waals surface area contributed by atoms with E-state index in [1.165, 1.54) is 12.1 Å². The number of aryl methyl sites for hydroxylation is 1. The van der Waals surface area contributed by atoms with E-state index in [0.29, 0.717) is 0 Å². The summed E-state index contributed by atoms with van der Waals surface area (Å²) in [5, 5.41) is 7.34. The third kappa shape index (κ3) is 7.69. The number of aliphatic imine (C=N–C) groups is 1. The maximum atomic E-state index is 10.5. The van der Waals surface area contributed by atoms with Gasteiger partial charge in [0, 0.05) is 20.6 Å². The summed E-state index contributed by atoms with van der Waals surface area (Å²) in [5.41, 5.74) is 6.92. The van der Waals surface area contributed by atoms with E-state index in [1.807, 2.05) is 19.0 Å². The summed E-state index contributed by atoms with van der Waals surface area (Å²) in [6, 6.07) is 5.99. The van der Waals surface area contributed by atoms with Crippen molar-refractivity contribution < 1.29 is 13.0 Å². The molecule has 1 unspecified atom stereocenters. The highest BCUT2D eigenvalue weighted by molar-refractivity contribution is 7.85. The lowest BCUT2D eigenvalue weighted by atomic mass is 9.97. The second kappa shape index (κ2) is 8.81. The van der Waals surface area contributed by atoms with Crippen molar-refractivity contribution in [1.29, 1.82) is 0 Å². The summed E-state index contributed by atoms with van der Waals surface area (Å²) < 4.78 is 29.6. The summed E-state index contributed by atoms with van der Waals surface area (Å²) in [7, 11) is 0.0309. The smallest absolute Gasteiger partial charge is 0.294 e. The first-order valence-corrected chi connectivity index (χ1v) is 9.80. The molecule has 0 amide bonds. The minimum absolute atomic E-state index is 0.0666. The van der Waals surface area contributed by atoms with Crippen LogP contribution in [0.2, 0.25) is 0 Å². The molecule has 0 aliphatic carbocycles. The molecule has 1 heterocycles. The molecule has 0 saturated carbocycles. The molecule has 1 aromatic rings. The van der Waals surface area contributed by atoms with Gasteiger partial charge in [-0.1, -0.05) is 38.5 Å². The number of nitrogens with zero attached hydrogens (tertiary/aromatic N) is 3. The van der Waals surface area contributed by atoms with Gasteiger partial charge in [-0.2, -0.15) is 8.42 Å². The molecule has 0 fully saturated rings. The maximum Gasteiger partial charge on any atom is 0.294 e. The summed E-state index contributed by atoms with van der Waals surface area (Å²) in [6.07, 6.45) is -0.106. The van der Waals surface area contributed by atoms with Gasteiger partial charge in [-0.3, -0.25) is 9.56 Å². The highest BCUT2D eigenvalue weighted by Crippen LogP contribution is 2.15. The molecule has 0 aromatic heterocycles. The van der Waals surface area contributed by atoms with Gasteiger partial charge in [0.05, 0.1) is 11.4 Å². The summed E-state index contributed by atoms with van der Waals surface area (Å²) >= 11 is 0. The minimum atomic E-state index is -4.02. The van der Waals surface area contributed by atoms with Gasteiger partial charge in [-0.15, -0.1) is 0 Å². The molecule has 0 radical (unpaired) electrons. The topological polar surface area (TPSA) is 111 Å². The van der Waals surface area contributed by atoms with Gasteiger partial charge in [0.1, 0.15) is 6.17 Å². The monoisotopic (exact) mass is 385 g/mol. The fourth-order valence-corrected chi connectivity index (χ4v) is 2.79. The number of guanidine groups is 1. The van der Waals surface area contributed by atoms with Crippen molar-refractivity contribution in [3.8, 4) is 0 Å². The molecule has 1 atom stereocenters. The van der Waals surface area contributed by atoms with Gasteiger partial charge in [-0.05, 0) is 24.5 Å². The number of hydrazine groups is 1. The Balaban J connectivity index is 0.000000273. The van der Waals surface area contributed by atoms with Crippen LogP contribution >= 0.6 is 0 Å². The number of benzene rings is 1. The normalized spacial score (nSPS) is 17.3. The van der Waals surface area contributed by atoms with Crippen molar-refractivity contribution in [1.82, 2.24) is 15.3 Å². The molecule has 9 heteroatoms. The summed E-state index contributed by atoms with van der Waals surface area (Å²) in [5.74, 6) is 0.856. The van der Waals surface area contributed by atoms with E-state index in [1.54, 1.807) is 12.1 Å². The Morgan fingerprint density at radius 3 is 2.19 bits per heavy atom. The molecule has 1 aliphatic heterocycles. The first-order valence-electron chi connectivity index (χ1n) is 8.36. The second-order valence-corrected chi connectivity index (χ2v) is 9.01.